The molecule has 2 aromatic heterocycles. The lowest BCUT2D eigenvalue weighted by atomic mass is 10.3. The molecule has 0 aliphatic rings. The van der Waals surface area contributed by atoms with Crippen LogP contribution in [0.1, 0.15) is 0 Å². The first-order valence-corrected chi connectivity index (χ1v) is 11.9. The second kappa shape index (κ2) is 8.21. The molecule has 0 N–H and O–H groups in total. The molecule has 4 aromatic rings. The summed E-state index contributed by atoms with van der Waals surface area (Å²) in [5.74, 6) is -0.00794. The van der Waals surface area contributed by atoms with Gasteiger partial charge in [0.1, 0.15) is 17.2 Å². The van der Waals surface area contributed by atoms with Gasteiger partial charge in [0.15, 0.2) is 15.5 Å². The minimum absolute atomic E-state index is 0.0170. The van der Waals surface area contributed by atoms with Crippen LogP contribution < -0.4 is 0 Å². The highest BCUT2D eigenvalue weighted by molar-refractivity contribution is 9.10. The quantitative estimate of drug-likeness (QED) is 0.295. The van der Waals surface area contributed by atoms with Crippen molar-refractivity contribution in [2.45, 2.75) is 9.92 Å². The summed E-state index contributed by atoms with van der Waals surface area (Å²) in [6.45, 7) is 0. The number of thioether (sulfide) groups is 1. The molecule has 10 heteroatoms. The Morgan fingerprint density at radius 2 is 1.76 bits per heavy atom. The first kappa shape index (κ1) is 20.0. The van der Waals surface area contributed by atoms with Crippen molar-refractivity contribution in [3.8, 4) is 5.69 Å². The van der Waals surface area contributed by atoms with Crippen molar-refractivity contribution in [1.82, 2.24) is 19.7 Å². The average Bonchev–Trinajstić information content (AvgIpc) is 3.14. The molecule has 0 unspecified atom stereocenters. The summed E-state index contributed by atoms with van der Waals surface area (Å²) in [4.78, 5) is 8.83. The van der Waals surface area contributed by atoms with E-state index in [1.807, 2.05) is 0 Å². The van der Waals surface area contributed by atoms with Crippen molar-refractivity contribution in [2.75, 3.05) is 11.5 Å². The number of benzene rings is 2. The lowest BCUT2D eigenvalue weighted by Crippen LogP contribution is -2.09. The minimum atomic E-state index is -3.38. The van der Waals surface area contributed by atoms with E-state index in [9.17, 15) is 12.8 Å². The molecule has 0 spiro atoms. The van der Waals surface area contributed by atoms with Crippen LogP contribution in [0, 0.1) is 5.82 Å². The van der Waals surface area contributed by atoms with Gasteiger partial charge >= 0.3 is 0 Å². The van der Waals surface area contributed by atoms with Crippen LogP contribution in [0.4, 0.5) is 4.39 Å². The van der Waals surface area contributed by atoms with Gasteiger partial charge in [0.05, 0.1) is 27.9 Å². The Hall–Kier alpha value is -2.30. The third kappa shape index (κ3) is 4.34. The van der Waals surface area contributed by atoms with Crippen LogP contribution in [0.5, 0.6) is 0 Å². The topological polar surface area (TPSA) is 77.7 Å². The van der Waals surface area contributed by atoms with Gasteiger partial charge in [-0.05, 0) is 48.5 Å². The van der Waals surface area contributed by atoms with Gasteiger partial charge < -0.3 is 0 Å². The highest BCUT2D eigenvalue weighted by Crippen LogP contribution is 2.26. The molecule has 4 rings (SSSR count). The van der Waals surface area contributed by atoms with Crippen molar-refractivity contribution >= 4 is 48.6 Å². The van der Waals surface area contributed by atoms with Crippen LogP contribution in [0.25, 0.3) is 16.7 Å². The number of hydrogen-bond acceptors (Lipinski definition) is 6. The fourth-order valence-corrected chi connectivity index (χ4v) is 5.59. The SMILES string of the molecule is O=S(=O)(CCSc1ncnc2c1cnn2-c1ccc(F)cc1)c1ccc(Br)cc1. The summed E-state index contributed by atoms with van der Waals surface area (Å²) in [6, 6.07) is 12.5. The summed E-state index contributed by atoms with van der Waals surface area (Å²) in [5, 5.41) is 5.68. The van der Waals surface area contributed by atoms with Crippen molar-refractivity contribution in [2.24, 2.45) is 0 Å². The Morgan fingerprint density at radius 1 is 1.03 bits per heavy atom. The highest BCUT2D eigenvalue weighted by Gasteiger charge is 2.16. The van der Waals surface area contributed by atoms with Crippen molar-refractivity contribution in [1.29, 1.82) is 0 Å². The van der Waals surface area contributed by atoms with Gasteiger partial charge in [-0.3, -0.25) is 0 Å². The minimum Gasteiger partial charge on any atom is -0.229 e. The zero-order valence-corrected chi connectivity index (χ0v) is 18.1. The third-order valence-corrected chi connectivity index (χ3v) is 7.69. The molecule has 0 fully saturated rings. The van der Waals surface area contributed by atoms with Crippen LogP contribution in [-0.4, -0.2) is 39.7 Å². The van der Waals surface area contributed by atoms with Gasteiger partial charge in [0, 0.05) is 10.2 Å². The van der Waals surface area contributed by atoms with Crippen molar-refractivity contribution < 1.29 is 12.8 Å². The van der Waals surface area contributed by atoms with Crippen LogP contribution in [-0.2, 0) is 9.84 Å². The van der Waals surface area contributed by atoms with E-state index in [4.69, 9.17) is 0 Å². The monoisotopic (exact) mass is 492 g/mol. The lowest BCUT2D eigenvalue weighted by molar-refractivity contribution is 0.597. The summed E-state index contributed by atoms with van der Waals surface area (Å²) in [5.41, 5.74) is 1.25. The van der Waals surface area contributed by atoms with E-state index < -0.39 is 9.84 Å². The van der Waals surface area contributed by atoms with E-state index in [1.165, 1.54) is 30.2 Å². The molecule has 0 saturated carbocycles. The summed E-state index contributed by atoms with van der Waals surface area (Å²) in [6.07, 6.45) is 3.04. The van der Waals surface area contributed by atoms with Gasteiger partial charge in [-0.1, -0.05) is 15.9 Å². The molecule has 148 valence electrons. The second-order valence-corrected chi connectivity index (χ2v) is 10.2. The van der Waals surface area contributed by atoms with Crippen LogP contribution in [0.3, 0.4) is 0 Å². The summed E-state index contributed by atoms with van der Waals surface area (Å²) < 4.78 is 40.6. The van der Waals surface area contributed by atoms with Gasteiger partial charge in [0.25, 0.3) is 0 Å². The summed E-state index contributed by atoms with van der Waals surface area (Å²) >= 11 is 4.63. The molecule has 0 aliphatic heterocycles. The Labute approximate surface area is 179 Å². The fourth-order valence-electron chi connectivity index (χ4n) is 2.72. The van der Waals surface area contributed by atoms with E-state index in [0.29, 0.717) is 32.4 Å². The molecular weight excluding hydrogens is 479 g/mol. The molecule has 0 atom stereocenters. The van der Waals surface area contributed by atoms with Crippen molar-refractivity contribution in [3.63, 3.8) is 0 Å². The number of halogens is 2. The standard InChI is InChI=1S/C19H14BrFN4O2S2/c20-13-1-7-16(8-2-13)29(26,27)10-9-28-19-17-11-24-25(18(17)22-12-23-19)15-5-3-14(21)4-6-15/h1-8,11-12H,9-10H2. The molecule has 29 heavy (non-hydrogen) atoms. The van der Waals surface area contributed by atoms with Gasteiger partial charge in [-0.15, -0.1) is 11.8 Å². The maximum atomic E-state index is 13.2. The molecular formula is C19H14BrFN4O2S2. The van der Waals surface area contributed by atoms with Gasteiger partial charge in [0.2, 0.25) is 0 Å². The molecule has 0 aliphatic carbocycles. The maximum Gasteiger partial charge on any atom is 0.179 e. The summed E-state index contributed by atoms with van der Waals surface area (Å²) in [7, 11) is -3.38. The van der Waals surface area contributed by atoms with Crippen LogP contribution >= 0.6 is 27.7 Å². The predicted octanol–water partition coefficient (Wildman–Crippen LogP) is 4.28. The number of sulfone groups is 1. The zero-order chi connectivity index (χ0) is 20.4. The van der Waals surface area contributed by atoms with Gasteiger partial charge in [-0.25, -0.2) is 27.5 Å². The third-order valence-electron chi connectivity index (χ3n) is 4.16. The van der Waals surface area contributed by atoms with Crippen LogP contribution in [0.2, 0.25) is 0 Å². The van der Waals surface area contributed by atoms with E-state index >= 15 is 0 Å². The Bertz CT molecular complexity index is 1260. The van der Waals surface area contributed by atoms with E-state index in [-0.39, 0.29) is 11.6 Å². The molecule has 6 nitrogen and oxygen atoms in total. The van der Waals surface area contributed by atoms with E-state index in [1.54, 1.807) is 47.3 Å². The van der Waals surface area contributed by atoms with Gasteiger partial charge in [-0.2, -0.15) is 5.10 Å². The zero-order valence-electron chi connectivity index (χ0n) is 14.9. The molecule has 0 radical (unpaired) electrons. The Kier molecular flexibility index (Phi) is 5.66. The smallest absolute Gasteiger partial charge is 0.179 e. The molecule has 0 amide bonds. The number of hydrogen-bond donors (Lipinski definition) is 0. The van der Waals surface area contributed by atoms with E-state index in [0.717, 1.165) is 4.47 Å². The predicted molar refractivity (Wildman–Crippen MR) is 114 cm³/mol. The number of aromatic nitrogens is 4. The highest BCUT2D eigenvalue weighted by atomic mass is 79.9. The molecule has 2 heterocycles. The number of nitrogens with zero attached hydrogens (tertiary/aromatic N) is 4. The largest absolute Gasteiger partial charge is 0.229 e. The first-order valence-electron chi connectivity index (χ1n) is 8.50. The molecule has 2 aromatic carbocycles. The van der Waals surface area contributed by atoms with Crippen LogP contribution in [0.15, 0.2) is 75.4 Å². The molecule has 0 saturated heterocycles. The second-order valence-electron chi connectivity index (χ2n) is 6.07. The van der Waals surface area contributed by atoms with Crippen molar-refractivity contribution in [3.05, 3.63) is 71.3 Å². The lowest BCUT2D eigenvalue weighted by Gasteiger charge is -2.06. The fraction of sp³-hybridized carbons (Fsp3) is 0.105. The molecule has 0 bridgehead atoms. The van der Waals surface area contributed by atoms with E-state index in [2.05, 4.69) is 31.0 Å². The Morgan fingerprint density at radius 3 is 2.48 bits per heavy atom. The normalized spacial score (nSPS) is 11.8. The average molecular weight is 493 g/mol. The Balaban J connectivity index is 1.53. The number of fused-ring (bicyclic) bond motifs is 1. The number of rotatable bonds is 6. The first-order chi connectivity index (χ1) is 13.9. The maximum absolute atomic E-state index is 13.2.